The van der Waals surface area contributed by atoms with Crippen molar-refractivity contribution in [3.8, 4) is 0 Å². The normalized spacial score (nSPS) is 11.9. The molecule has 6 nitrogen and oxygen atoms in total. The average molecular weight is 709 g/mol. The van der Waals surface area contributed by atoms with Crippen molar-refractivity contribution in [2.45, 2.75) is 246 Å². The van der Waals surface area contributed by atoms with Gasteiger partial charge in [-0.3, -0.25) is 14.4 Å². The Morgan fingerprint density at radius 1 is 0.380 bits per heavy atom. The van der Waals surface area contributed by atoms with Gasteiger partial charge in [-0.05, 0) is 25.2 Å². The van der Waals surface area contributed by atoms with Gasteiger partial charge in [0.05, 0.1) is 0 Å². The zero-order chi connectivity index (χ0) is 36.8. The predicted molar refractivity (Wildman–Crippen MR) is 210 cm³/mol. The van der Waals surface area contributed by atoms with Gasteiger partial charge >= 0.3 is 17.9 Å². The second kappa shape index (κ2) is 38.6. The highest BCUT2D eigenvalue weighted by atomic mass is 16.6. The van der Waals surface area contributed by atoms with E-state index in [0.29, 0.717) is 19.3 Å². The Morgan fingerprint density at radius 2 is 0.660 bits per heavy atom. The van der Waals surface area contributed by atoms with Gasteiger partial charge in [-0.15, -0.1) is 0 Å². The fourth-order valence-electron chi connectivity index (χ4n) is 6.45. The van der Waals surface area contributed by atoms with Crippen LogP contribution in [-0.4, -0.2) is 37.2 Å². The summed E-state index contributed by atoms with van der Waals surface area (Å²) >= 11 is 0. The number of esters is 3. The van der Waals surface area contributed by atoms with E-state index in [4.69, 9.17) is 14.2 Å². The van der Waals surface area contributed by atoms with Gasteiger partial charge < -0.3 is 14.2 Å². The number of carbonyl (C=O) groups is 3. The molecule has 6 heteroatoms. The van der Waals surface area contributed by atoms with Crippen molar-refractivity contribution in [2.24, 2.45) is 5.92 Å². The Kier molecular flexibility index (Phi) is 37.4. The maximum atomic E-state index is 12.6. The smallest absolute Gasteiger partial charge is 0.306 e. The monoisotopic (exact) mass is 709 g/mol. The van der Waals surface area contributed by atoms with Crippen LogP contribution in [0.2, 0.25) is 0 Å². The molecule has 0 aromatic rings. The molecular weight excluding hydrogens is 624 g/mol. The minimum atomic E-state index is -0.757. The Bertz CT molecular complexity index is 751. The molecule has 0 saturated heterocycles. The maximum absolute atomic E-state index is 12.6. The molecule has 0 saturated carbocycles. The molecule has 0 aromatic carbocycles. The number of unbranched alkanes of at least 4 members (excludes halogenated alkanes) is 26. The lowest BCUT2D eigenvalue weighted by Gasteiger charge is -2.18. The summed E-state index contributed by atoms with van der Waals surface area (Å²) in [5.74, 6) is -0.0682. The second-order valence-electron chi connectivity index (χ2n) is 15.5. The fraction of sp³-hybridized carbons (Fsp3) is 0.932. The van der Waals surface area contributed by atoms with Crippen molar-refractivity contribution < 1.29 is 28.6 Å². The van der Waals surface area contributed by atoms with Crippen molar-refractivity contribution in [3.63, 3.8) is 0 Å². The first kappa shape index (κ1) is 48.4. The van der Waals surface area contributed by atoms with Crippen LogP contribution in [0.3, 0.4) is 0 Å². The minimum absolute atomic E-state index is 0.0648. The molecule has 0 heterocycles. The molecule has 0 amide bonds. The Balaban J connectivity index is 4.24. The summed E-state index contributed by atoms with van der Waals surface area (Å²) in [6, 6.07) is 0. The summed E-state index contributed by atoms with van der Waals surface area (Å²) in [7, 11) is 0. The van der Waals surface area contributed by atoms with Crippen LogP contribution in [-0.2, 0) is 28.6 Å². The molecular formula is C44H84O6. The third-order valence-electron chi connectivity index (χ3n) is 9.79. The SMILES string of the molecule is CCCCCCCCCCCCCCCCC(=O)OC[C@H](COC(=O)CCCCCCCCCCC(C)C)OC(=O)CCCCCCCCC. The van der Waals surface area contributed by atoms with Crippen molar-refractivity contribution in [2.75, 3.05) is 13.2 Å². The molecule has 1 atom stereocenters. The van der Waals surface area contributed by atoms with Gasteiger partial charge in [0.25, 0.3) is 0 Å². The van der Waals surface area contributed by atoms with Crippen LogP contribution in [0, 0.1) is 5.92 Å². The molecule has 0 N–H and O–H groups in total. The topological polar surface area (TPSA) is 78.9 Å². The lowest BCUT2D eigenvalue weighted by atomic mass is 10.0. The largest absolute Gasteiger partial charge is 0.462 e. The fourth-order valence-corrected chi connectivity index (χ4v) is 6.45. The van der Waals surface area contributed by atoms with Gasteiger partial charge in [0.2, 0.25) is 0 Å². The zero-order valence-electron chi connectivity index (χ0n) is 33.9. The minimum Gasteiger partial charge on any atom is -0.462 e. The van der Waals surface area contributed by atoms with Crippen LogP contribution in [0.25, 0.3) is 0 Å². The quantitative estimate of drug-likeness (QED) is 0.0359. The van der Waals surface area contributed by atoms with Crippen molar-refractivity contribution in [1.29, 1.82) is 0 Å². The van der Waals surface area contributed by atoms with Gasteiger partial charge in [-0.25, -0.2) is 0 Å². The summed E-state index contributed by atoms with van der Waals surface area (Å²) in [6.45, 7) is 8.91. The first-order chi connectivity index (χ1) is 24.4. The van der Waals surface area contributed by atoms with Crippen LogP contribution in [0.5, 0.6) is 0 Å². The predicted octanol–water partition coefficient (Wildman–Crippen LogP) is 13.6. The molecule has 296 valence electrons. The zero-order valence-corrected chi connectivity index (χ0v) is 33.9. The van der Waals surface area contributed by atoms with E-state index in [9.17, 15) is 14.4 Å². The Hall–Kier alpha value is -1.59. The molecule has 0 rings (SSSR count). The van der Waals surface area contributed by atoms with Gasteiger partial charge in [-0.2, -0.15) is 0 Å². The number of carbonyl (C=O) groups excluding carboxylic acids is 3. The third kappa shape index (κ3) is 37.7. The second-order valence-corrected chi connectivity index (χ2v) is 15.5. The van der Waals surface area contributed by atoms with E-state index in [0.717, 1.165) is 63.7 Å². The summed E-state index contributed by atoms with van der Waals surface area (Å²) in [6.07, 6.45) is 36.7. The number of hydrogen-bond donors (Lipinski definition) is 0. The average Bonchev–Trinajstić information content (AvgIpc) is 3.09. The molecule has 50 heavy (non-hydrogen) atoms. The van der Waals surface area contributed by atoms with E-state index in [1.54, 1.807) is 0 Å². The first-order valence-corrected chi connectivity index (χ1v) is 21.9. The van der Waals surface area contributed by atoms with Gasteiger partial charge in [0.15, 0.2) is 6.10 Å². The van der Waals surface area contributed by atoms with Gasteiger partial charge in [0.1, 0.15) is 13.2 Å². The highest BCUT2D eigenvalue weighted by Crippen LogP contribution is 2.16. The highest BCUT2D eigenvalue weighted by molar-refractivity contribution is 5.71. The van der Waals surface area contributed by atoms with Crippen LogP contribution in [0.15, 0.2) is 0 Å². The van der Waals surface area contributed by atoms with Gasteiger partial charge in [0, 0.05) is 19.3 Å². The highest BCUT2D eigenvalue weighted by Gasteiger charge is 2.19. The number of rotatable bonds is 39. The molecule has 0 aromatic heterocycles. The maximum Gasteiger partial charge on any atom is 0.306 e. The van der Waals surface area contributed by atoms with E-state index < -0.39 is 6.10 Å². The number of ether oxygens (including phenoxy) is 3. The molecule has 0 radical (unpaired) electrons. The molecule has 0 spiro atoms. The van der Waals surface area contributed by atoms with E-state index in [2.05, 4.69) is 27.7 Å². The summed E-state index contributed by atoms with van der Waals surface area (Å²) in [5.41, 5.74) is 0. The van der Waals surface area contributed by atoms with E-state index in [1.807, 2.05) is 0 Å². The Labute approximate surface area is 310 Å². The van der Waals surface area contributed by atoms with E-state index in [1.165, 1.54) is 135 Å². The van der Waals surface area contributed by atoms with Crippen molar-refractivity contribution >= 4 is 17.9 Å². The molecule has 0 unspecified atom stereocenters. The van der Waals surface area contributed by atoms with E-state index in [-0.39, 0.29) is 31.1 Å². The molecule has 0 aliphatic rings. The van der Waals surface area contributed by atoms with Crippen LogP contribution < -0.4 is 0 Å². The summed E-state index contributed by atoms with van der Waals surface area (Å²) in [4.78, 5) is 37.5. The molecule has 0 bridgehead atoms. The van der Waals surface area contributed by atoms with Crippen molar-refractivity contribution in [3.05, 3.63) is 0 Å². The third-order valence-corrected chi connectivity index (χ3v) is 9.79. The Morgan fingerprint density at radius 3 is 0.980 bits per heavy atom. The number of hydrogen-bond acceptors (Lipinski definition) is 6. The summed E-state index contributed by atoms with van der Waals surface area (Å²) < 4.78 is 16.6. The van der Waals surface area contributed by atoms with Crippen LogP contribution in [0.4, 0.5) is 0 Å². The molecule has 0 aliphatic carbocycles. The first-order valence-electron chi connectivity index (χ1n) is 21.9. The van der Waals surface area contributed by atoms with Crippen LogP contribution in [0.1, 0.15) is 240 Å². The lowest BCUT2D eigenvalue weighted by Crippen LogP contribution is -2.30. The van der Waals surface area contributed by atoms with E-state index >= 15 is 0 Å². The van der Waals surface area contributed by atoms with Crippen LogP contribution >= 0.6 is 0 Å². The molecule has 0 aliphatic heterocycles. The standard InChI is InChI=1S/C44H84O6/c1-5-7-9-11-13-14-15-16-17-18-19-24-27-31-35-42(45)48-38-41(50-44(47)37-33-29-22-12-10-8-6-2)39-49-43(46)36-32-28-25-21-20-23-26-30-34-40(3)4/h40-41H,5-39H2,1-4H3/t41-/m1/s1. The van der Waals surface area contributed by atoms with Crippen molar-refractivity contribution in [1.82, 2.24) is 0 Å². The van der Waals surface area contributed by atoms with Gasteiger partial charge in [-0.1, -0.05) is 201 Å². The summed E-state index contributed by atoms with van der Waals surface area (Å²) in [5, 5.41) is 0. The molecule has 0 fully saturated rings. The lowest BCUT2D eigenvalue weighted by molar-refractivity contribution is -0.167.